The van der Waals surface area contributed by atoms with Gasteiger partial charge in [-0.15, -0.1) is 0 Å². The zero-order valence-corrected chi connectivity index (χ0v) is 8.81. The Bertz CT molecular complexity index is 368. The molecule has 0 aromatic heterocycles. The van der Waals surface area contributed by atoms with Crippen LogP contribution >= 0.6 is 0 Å². The number of nitrogens with zero attached hydrogens (tertiary/aromatic N) is 1. The van der Waals surface area contributed by atoms with E-state index in [1.54, 1.807) is 13.8 Å². The lowest BCUT2D eigenvalue weighted by molar-refractivity contribution is -0.121. The highest BCUT2D eigenvalue weighted by Crippen LogP contribution is 2.30. The first-order chi connectivity index (χ1) is 5.96. The van der Waals surface area contributed by atoms with E-state index in [1.807, 2.05) is 0 Å². The van der Waals surface area contributed by atoms with Crippen LogP contribution in [0.25, 0.3) is 0 Å². The van der Waals surface area contributed by atoms with E-state index in [0.29, 0.717) is 18.4 Å². The van der Waals surface area contributed by atoms with E-state index in [4.69, 9.17) is 0 Å². The lowest BCUT2D eigenvalue weighted by atomic mass is 10.1. The van der Waals surface area contributed by atoms with Gasteiger partial charge in [0.05, 0.1) is 4.91 Å². The predicted molar refractivity (Wildman–Crippen MR) is 56.0 cm³/mol. The van der Waals surface area contributed by atoms with Gasteiger partial charge in [-0.3, -0.25) is 4.79 Å². The summed E-state index contributed by atoms with van der Waals surface area (Å²) in [6.45, 7) is 3.53. The van der Waals surface area contributed by atoms with Crippen molar-refractivity contribution in [3.8, 4) is 0 Å². The van der Waals surface area contributed by atoms with Crippen LogP contribution in [0.1, 0.15) is 34.1 Å². The number of allylic oxidation sites excluding steroid dienone is 1. The second-order valence-electron chi connectivity index (χ2n) is 2.89. The van der Waals surface area contributed by atoms with E-state index in [9.17, 15) is 13.2 Å². The SMILES string of the molecule is C.CCC1=C(CC)S(=O)(=O)N(C)C1=O. The van der Waals surface area contributed by atoms with Crippen LogP contribution in [-0.2, 0) is 14.8 Å². The molecule has 0 radical (unpaired) electrons. The zero-order chi connectivity index (χ0) is 10.2. The molecule has 0 fully saturated rings. The van der Waals surface area contributed by atoms with Crippen LogP contribution in [0, 0.1) is 0 Å². The first kappa shape index (κ1) is 13.2. The number of hydrogen-bond acceptors (Lipinski definition) is 3. The first-order valence-corrected chi connectivity index (χ1v) is 5.66. The third kappa shape index (κ3) is 1.56. The Hall–Kier alpha value is -0.840. The Balaban J connectivity index is 0.00000169. The second-order valence-corrected chi connectivity index (χ2v) is 4.88. The van der Waals surface area contributed by atoms with E-state index in [2.05, 4.69) is 0 Å². The van der Waals surface area contributed by atoms with Gasteiger partial charge < -0.3 is 0 Å². The third-order valence-electron chi connectivity index (χ3n) is 2.23. The molecule has 0 bridgehead atoms. The molecule has 0 atom stereocenters. The van der Waals surface area contributed by atoms with Crippen LogP contribution in [-0.4, -0.2) is 25.7 Å². The van der Waals surface area contributed by atoms with Gasteiger partial charge in [0, 0.05) is 12.6 Å². The lowest BCUT2D eigenvalue weighted by Gasteiger charge is -2.08. The maximum atomic E-state index is 11.6. The molecule has 82 valence electrons. The van der Waals surface area contributed by atoms with Crippen molar-refractivity contribution in [3.63, 3.8) is 0 Å². The minimum absolute atomic E-state index is 0. The van der Waals surface area contributed by atoms with Crippen LogP contribution in [0.4, 0.5) is 0 Å². The highest BCUT2D eigenvalue weighted by molar-refractivity contribution is 7.94. The van der Waals surface area contributed by atoms with Crippen molar-refractivity contribution in [1.82, 2.24) is 4.31 Å². The van der Waals surface area contributed by atoms with Gasteiger partial charge >= 0.3 is 0 Å². The number of hydrogen-bond donors (Lipinski definition) is 0. The molecule has 5 heteroatoms. The van der Waals surface area contributed by atoms with Crippen LogP contribution in [0.3, 0.4) is 0 Å². The molecule has 0 aliphatic carbocycles. The molecule has 0 unspecified atom stereocenters. The Morgan fingerprint density at radius 3 is 2.00 bits per heavy atom. The Morgan fingerprint density at radius 1 is 1.21 bits per heavy atom. The van der Waals surface area contributed by atoms with Crippen molar-refractivity contribution >= 4 is 15.9 Å². The quantitative estimate of drug-likeness (QED) is 0.707. The smallest absolute Gasteiger partial charge is 0.264 e. The number of rotatable bonds is 2. The molecule has 1 aliphatic rings. The number of amides is 1. The van der Waals surface area contributed by atoms with Crippen LogP contribution < -0.4 is 0 Å². The van der Waals surface area contributed by atoms with Crippen molar-refractivity contribution in [3.05, 3.63) is 10.5 Å². The number of sulfonamides is 1. The molecule has 1 rings (SSSR count). The van der Waals surface area contributed by atoms with E-state index in [1.165, 1.54) is 7.05 Å². The molecule has 0 aromatic carbocycles. The van der Waals surface area contributed by atoms with Crippen LogP contribution in [0.15, 0.2) is 10.5 Å². The molecule has 1 amide bonds. The zero-order valence-electron chi connectivity index (χ0n) is 7.99. The van der Waals surface area contributed by atoms with Crippen molar-refractivity contribution < 1.29 is 13.2 Å². The fourth-order valence-electron chi connectivity index (χ4n) is 1.48. The van der Waals surface area contributed by atoms with Crippen molar-refractivity contribution in [2.75, 3.05) is 7.05 Å². The van der Waals surface area contributed by atoms with Gasteiger partial charge in [-0.1, -0.05) is 21.3 Å². The Labute approximate surface area is 85.7 Å². The Morgan fingerprint density at radius 2 is 1.71 bits per heavy atom. The predicted octanol–water partition coefficient (Wildman–Crippen LogP) is 1.50. The van der Waals surface area contributed by atoms with Crippen LogP contribution in [0.5, 0.6) is 0 Å². The van der Waals surface area contributed by atoms with Gasteiger partial charge in [-0.05, 0) is 12.8 Å². The summed E-state index contributed by atoms with van der Waals surface area (Å²) < 4.78 is 23.9. The van der Waals surface area contributed by atoms with Crippen molar-refractivity contribution in [2.45, 2.75) is 34.1 Å². The number of carbonyl (C=O) groups excluding carboxylic acids is 1. The van der Waals surface area contributed by atoms with Crippen molar-refractivity contribution in [1.29, 1.82) is 0 Å². The molecule has 1 aliphatic heterocycles. The summed E-state index contributed by atoms with van der Waals surface area (Å²) in [5, 5.41) is 0. The molecule has 14 heavy (non-hydrogen) atoms. The van der Waals surface area contributed by atoms with Crippen LogP contribution in [0.2, 0.25) is 0 Å². The normalized spacial score (nSPS) is 19.9. The molecule has 4 nitrogen and oxygen atoms in total. The summed E-state index contributed by atoms with van der Waals surface area (Å²) >= 11 is 0. The first-order valence-electron chi connectivity index (χ1n) is 4.22. The second kappa shape index (κ2) is 4.13. The molecule has 0 spiro atoms. The summed E-state index contributed by atoms with van der Waals surface area (Å²) in [6.07, 6.45) is 0.868. The van der Waals surface area contributed by atoms with E-state index >= 15 is 0 Å². The molecule has 0 saturated heterocycles. The van der Waals surface area contributed by atoms with Crippen molar-refractivity contribution in [2.24, 2.45) is 0 Å². The third-order valence-corrected chi connectivity index (χ3v) is 4.27. The van der Waals surface area contributed by atoms with Gasteiger partial charge in [-0.2, -0.15) is 0 Å². The lowest BCUT2D eigenvalue weighted by Crippen LogP contribution is -2.26. The van der Waals surface area contributed by atoms with E-state index in [-0.39, 0.29) is 18.2 Å². The minimum atomic E-state index is -3.46. The summed E-state index contributed by atoms with van der Waals surface area (Å²) in [6, 6.07) is 0. The largest absolute Gasteiger partial charge is 0.268 e. The van der Waals surface area contributed by atoms with Gasteiger partial charge in [0.2, 0.25) is 0 Å². The summed E-state index contributed by atoms with van der Waals surface area (Å²) in [4.78, 5) is 11.7. The molecule has 0 N–H and O–H groups in total. The monoisotopic (exact) mass is 219 g/mol. The minimum Gasteiger partial charge on any atom is -0.268 e. The maximum Gasteiger partial charge on any atom is 0.264 e. The average molecular weight is 219 g/mol. The van der Waals surface area contributed by atoms with Gasteiger partial charge in [0.15, 0.2) is 0 Å². The fourth-order valence-corrected chi connectivity index (χ4v) is 3.05. The highest BCUT2D eigenvalue weighted by atomic mass is 32.2. The maximum absolute atomic E-state index is 11.6. The standard InChI is InChI=1S/C8H13NO3S.CH4/c1-4-6-7(5-2)13(11,12)9(3)8(6)10;/h4-5H2,1-3H3;1H4. The van der Waals surface area contributed by atoms with Gasteiger partial charge in [-0.25, -0.2) is 12.7 Å². The Kier molecular flexibility index (Phi) is 3.88. The number of carbonyl (C=O) groups is 1. The summed E-state index contributed by atoms with van der Waals surface area (Å²) in [7, 11) is -2.16. The molecular weight excluding hydrogens is 202 g/mol. The molecular formula is C9H17NO3S. The fraction of sp³-hybridized carbons (Fsp3) is 0.667. The van der Waals surface area contributed by atoms with Gasteiger partial charge in [0.25, 0.3) is 15.9 Å². The molecule has 1 heterocycles. The average Bonchev–Trinajstić information content (AvgIpc) is 2.25. The molecule has 0 saturated carbocycles. The van der Waals surface area contributed by atoms with E-state index in [0.717, 1.165) is 4.31 Å². The highest BCUT2D eigenvalue weighted by Gasteiger charge is 2.38. The summed E-state index contributed by atoms with van der Waals surface area (Å²) in [5.41, 5.74) is 0.435. The summed E-state index contributed by atoms with van der Waals surface area (Å²) in [5.74, 6) is -0.376. The number of likely N-dealkylation sites (N-methyl/N-ethyl adjacent to an activating group) is 1. The topological polar surface area (TPSA) is 54.5 Å². The molecule has 0 aromatic rings. The van der Waals surface area contributed by atoms with Gasteiger partial charge in [0.1, 0.15) is 0 Å². The van der Waals surface area contributed by atoms with E-state index < -0.39 is 10.0 Å².